The molecule has 0 aromatic carbocycles. The van der Waals surface area contributed by atoms with Gasteiger partial charge < -0.3 is 5.73 Å². The first-order chi connectivity index (χ1) is 6.31. The summed E-state index contributed by atoms with van der Waals surface area (Å²) in [6.45, 7) is 12.1. The van der Waals surface area contributed by atoms with E-state index in [1.165, 1.54) is 0 Å². The molecule has 0 saturated heterocycles. The van der Waals surface area contributed by atoms with Gasteiger partial charge in [-0.15, -0.1) is 0 Å². The highest BCUT2D eigenvalue weighted by atomic mass is 15.2. The predicted octanol–water partition coefficient (Wildman–Crippen LogP) is 2.62. The molecule has 0 atom stereocenters. The van der Waals surface area contributed by atoms with E-state index in [1.807, 2.05) is 0 Å². The van der Waals surface area contributed by atoms with Crippen molar-refractivity contribution < 1.29 is 0 Å². The summed E-state index contributed by atoms with van der Waals surface area (Å²) >= 11 is 0. The Kier molecular flexibility index (Phi) is 5.10. The van der Waals surface area contributed by atoms with Gasteiger partial charge in [-0.2, -0.15) is 0 Å². The third-order valence-corrected chi connectivity index (χ3v) is 3.86. The summed E-state index contributed by atoms with van der Waals surface area (Å²) < 4.78 is 0. The van der Waals surface area contributed by atoms with Crippen LogP contribution in [0.25, 0.3) is 0 Å². The molecule has 0 heterocycles. The molecule has 2 heteroatoms. The molecule has 0 saturated carbocycles. The molecule has 0 bridgehead atoms. The third-order valence-electron chi connectivity index (χ3n) is 3.86. The van der Waals surface area contributed by atoms with Crippen molar-refractivity contribution >= 4 is 0 Å². The number of nitrogens with two attached hydrogens (primary N) is 1. The summed E-state index contributed by atoms with van der Waals surface area (Å²) in [7, 11) is 2.18. The van der Waals surface area contributed by atoms with Crippen LogP contribution < -0.4 is 5.73 Å². The van der Waals surface area contributed by atoms with E-state index in [0.29, 0.717) is 0 Å². The first kappa shape index (κ1) is 13.9. The van der Waals surface area contributed by atoms with Gasteiger partial charge in [0.05, 0.1) is 0 Å². The molecule has 86 valence electrons. The Balaban J connectivity index is 4.36. The molecule has 14 heavy (non-hydrogen) atoms. The minimum Gasteiger partial charge on any atom is -0.324 e. The van der Waals surface area contributed by atoms with Crippen LogP contribution in [0.2, 0.25) is 0 Å². The van der Waals surface area contributed by atoms with Gasteiger partial charge in [-0.25, -0.2) is 0 Å². The zero-order valence-electron chi connectivity index (χ0n) is 10.9. The van der Waals surface area contributed by atoms with E-state index in [1.54, 1.807) is 0 Å². The molecule has 0 aromatic heterocycles. The van der Waals surface area contributed by atoms with E-state index >= 15 is 0 Å². The molecule has 0 rings (SSSR count). The van der Waals surface area contributed by atoms with Gasteiger partial charge in [0.25, 0.3) is 0 Å². The van der Waals surface area contributed by atoms with Crippen LogP contribution in [0.15, 0.2) is 0 Å². The molecule has 0 unspecified atom stereocenters. The average Bonchev–Trinajstić information content (AvgIpc) is 2.17. The van der Waals surface area contributed by atoms with E-state index in [4.69, 9.17) is 5.73 Å². The molecule has 0 spiro atoms. The molecule has 0 aliphatic rings. The number of nitrogens with zero attached hydrogens (tertiary/aromatic N) is 1. The maximum atomic E-state index is 6.31. The van der Waals surface area contributed by atoms with Crippen LogP contribution in [0, 0.1) is 0 Å². The molecule has 0 aliphatic heterocycles. The fourth-order valence-electron chi connectivity index (χ4n) is 1.43. The zero-order valence-corrected chi connectivity index (χ0v) is 10.9. The second-order valence-corrected chi connectivity index (χ2v) is 5.09. The molecule has 0 aliphatic carbocycles. The Labute approximate surface area is 89.9 Å². The van der Waals surface area contributed by atoms with Crippen LogP contribution in [0.1, 0.15) is 53.9 Å². The fourth-order valence-corrected chi connectivity index (χ4v) is 1.43. The lowest BCUT2D eigenvalue weighted by Crippen LogP contribution is -2.53. The number of likely N-dealkylation sites (N-methyl/N-ethyl adjacent to an activating group) is 1. The molecule has 2 nitrogen and oxygen atoms in total. The van der Waals surface area contributed by atoms with Crippen molar-refractivity contribution in [1.82, 2.24) is 4.90 Å². The Hall–Kier alpha value is -0.0800. The summed E-state index contributed by atoms with van der Waals surface area (Å²) in [4.78, 5) is 2.39. The molecule has 0 amide bonds. The predicted molar refractivity (Wildman–Crippen MR) is 64.5 cm³/mol. The van der Waals surface area contributed by atoms with E-state index in [-0.39, 0.29) is 11.1 Å². The minimum absolute atomic E-state index is 0.0127. The first-order valence-corrected chi connectivity index (χ1v) is 5.81. The van der Waals surface area contributed by atoms with Gasteiger partial charge in [0.1, 0.15) is 0 Å². The van der Waals surface area contributed by atoms with Crippen molar-refractivity contribution in [1.29, 1.82) is 0 Å². The summed E-state index contributed by atoms with van der Waals surface area (Å²) in [6.07, 6.45) is 3.26. The van der Waals surface area contributed by atoms with Crippen molar-refractivity contribution in [2.75, 3.05) is 13.6 Å². The van der Waals surface area contributed by atoms with Crippen LogP contribution in [0.5, 0.6) is 0 Å². The first-order valence-electron chi connectivity index (χ1n) is 5.81. The van der Waals surface area contributed by atoms with Crippen LogP contribution in [-0.4, -0.2) is 29.6 Å². The maximum Gasteiger partial charge on any atom is 0.0278 e. The van der Waals surface area contributed by atoms with Crippen LogP contribution in [-0.2, 0) is 0 Å². The van der Waals surface area contributed by atoms with Crippen LogP contribution >= 0.6 is 0 Å². The molecule has 0 radical (unpaired) electrons. The third kappa shape index (κ3) is 3.58. The largest absolute Gasteiger partial charge is 0.324 e. The average molecular weight is 200 g/mol. The van der Waals surface area contributed by atoms with Crippen molar-refractivity contribution in [2.24, 2.45) is 5.73 Å². The van der Waals surface area contributed by atoms with Gasteiger partial charge in [-0.1, -0.05) is 20.8 Å². The monoisotopic (exact) mass is 200 g/mol. The van der Waals surface area contributed by atoms with Gasteiger partial charge in [0.15, 0.2) is 0 Å². The quantitative estimate of drug-likeness (QED) is 0.714. The lowest BCUT2D eigenvalue weighted by molar-refractivity contribution is 0.112. The topological polar surface area (TPSA) is 29.3 Å². The number of hydrogen-bond donors (Lipinski definition) is 1. The Morgan fingerprint density at radius 3 is 1.71 bits per heavy atom. The van der Waals surface area contributed by atoms with Crippen molar-refractivity contribution in [3.05, 3.63) is 0 Å². The van der Waals surface area contributed by atoms with Gasteiger partial charge in [0, 0.05) is 17.6 Å². The Bertz CT molecular complexity index is 160. The lowest BCUT2D eigenvalue weighted by Gasteiger charge is -2.41. The van der Waals surface area contributed by atoms with E-state index in [9.17, 15) is 0 Å². The Morgan fingerprint density at radius 2 is 1.43 bits per heavy atom. The Morgan fingerprint density at radius 1 is 1.00 bits per heavy atom. The standard InChI is InChI=1S/C12H28N2/c1-7-11(4,5)14(6)10-12(13,8-2)9-3/h7-10,13H2,1-6H3. The van der Waals surface area contributed by atoms with Gasteiger partial charge >= 0.3 is 0 Å². The number of hydrogen-bond acceptors (Lipinski definition) is 2. The van der Waals surface area contributed by atoms with Crippen molar-refractivity contribution in [2.45, 2.75) is 65.0 Å². The second-order valence-electron chi connectivity index (χ2n) is 5.09. The van der Waals surface area contributed by atoms with Crippen LogP contribution in [0.4, 0.5) is 0 Å². The smallest absolute Gasteiger partial charge is 0.0278 e. The van der Waals surface area contributed by atoms with Gasteiger partial charge in [-0.05, 0) is 40.2 Å². The number of rotatable bonds is 6. The highest BCUT2D eigenvalue weighted by molar-refractivity contribution is 4.88. The molecular weight excluding hydrogens is 172 g/mol. The molecule has 2 N–H and O–H groups in total. The summed E-state index contributed by atoms with van der Waals surface area (Å²) in [5.41, 5.74) is 6.55. The highest BCUT2D eigenvalue weighted by Gasteiger charge is 2.28. The van der Waals surface area contributed by atoms with Crippen LogP contribution in [0.3, 0.4) is 0 Å². The molecule has 0 fully saturated rings. The van der Waals surface area contributed by atoms with Gasteiger partial charge in [0.2, 0.25) is 0 Å². The summed E-state index contributed by atoms with van der Waals surface area (Å²) in [6, 6.07) is 0. The highest BCUT2D eigenvalue weighted by Crippen LogP contribution is 2.21. The van der Waals surface area contributed by atoms with Gasteiger partial charge in [-0.3, -0.25) is 4.90 Å². The summed E-state index contributed by atoms with van der Waals surface area (Å²) in [5.74, 6) is 0. The zero-order chi connectivity index (χ0) is 11.4. The fraction of sp³-hybridized carbons (Fsp3) is 1.00. The summed E-state index contributed by atoms with van der Waals surface area (Å²) in [5, 5.41) is 0. The molecule has 0 aromatic rings. The SMILES string of the molecule is CCC(N)(CC)CN(C)C(C)(C)CC. The maximum absolute atomic E-state index is 6.31. The second kappa shape index (κ2) is 5.13. The van der Waals surface area contributed by atoms with E-state index < -0.39 is 0 Å². The van der Waals surface area contributed by atoms with E-state index in [2.05, 4.69) is 46.6 Å². The molecular formula is C12H28N2. The minimum atomic E-state index is -0.0127. The van der Waals surface area contributed by atoms with Crippen molar-refractivity contribution in [3.8, 4) is 0 Å². The normalized spacial score (nSPS) is 13.7. The lowest BCUT2D eigenvalue weighted by atomic mass is 9.90. The van der Waals surface area contributed by atoms with E-state index in [0.717, 1.165) is 25.8 Å². The van der Waals surface area contributed by atoms with Crippen molar-refractivity contribution in [3.63, 3.8) is 0 Å².